The first-order chi connectivity index (χ1) is 13.1. The molecule has 0 aliphatic rings. The number of thioether (sulfide) groups is 1. The summed E-state index contributed by atoms with van der Waals surface area (Å²) < 4.78 is 2.20. The number of hydrogen-bond donors (Lipinski definition) is 1. The van der Waals surface area contributed by atoms with E-state index in [4.69, 9.17) is 0 Å². The third-order valence-corrected chi connectivity index (χ3v) is 6.90. The topological polar surface area (TPSA) is 63.6 Å². The molecular weight excluding hydrogens is 396 g/mol. The Morgan fingerprint density at radius 3 is 2.78 bits per heavy atom. The predicted octanol–water partition coefficient (Wildman–Crippen LogP) is 5.04. The highest BCUT2D eigenvalue weighted by Crippen LogP contribution is 2.25. The fraction of sp³-hybridized carbons (Fsp3) is 0.211. The quantitative estimate of drug-likeness (QED) is 0.340. The van der Waals surface area contributed by atoms with Crippen molar-refractivity contribution in [1.29, 1.82) is 0 Å². The lowest BCUT2D eigenvalue weighted by molar-refractivity contribution is 0.102. The Bertz CT molecular complexity index is 1050. The summed E-state index contributed by atoms with van der Waals surface area (Å²) in [5.74, 6) is 1.17. The minimum Gasteiger partial charge on any atom is -0.343 e. The molecule has 0 atom stereocenters. The Morgan fingerprint density at radius 2 is 2.04 bits per heavy atom. The van der Waals surface area contributed by atoms with Gasteiger partial charge in [-0.25, -0.2) is 4.98 Å². The summed E-state index contributed by atoms with van der Waals surface area (Å²) in [6, 6.07) is 10.1. The number of nitrogens with one attached hydrogen (secondary N) is 1. The minimum absolute atomic E-state index is 0.105. The van der Waals surface area contributed by atoms with Crippen molar-refractivity contribution in [2.45, 2.75) is 25.5 Å². The van der Waals surface area contributed by atoms with Crippen molar-refractivity contribution in [2.24, 2.45) is 0 Å². The molecule has 0 amide bonds. The van der Waals surface area contributed by atoms with Crippen molar-refractivity contribution in [1.82, 2.24) is 19.7 Å². The van der Waals surface area contributed by atoms with Crippen LogP contribution in [0.5, 0.6) is 0 Å². The number of aromatic amines is 1. The van der Waals surface area contributed by atoms with E-state index in [1.54, 1.807) is 22.7 Å². The first-order valence-corrected chi connectivity index (χ1v) is 11.2. The fourth-order valence-electron chi connectivity index (χ4n) is 2.93. The number of carbonyl (C=O) groups is 1. The average Bonchev–Trinajstić information content (AvgIpc) is 3.43. The zero-order chi connectivity index (χ0) is 18.8. The van der Waals surface area contributed by atoms with Gasteiger partial charge in [0.2, 0.25) is 5.16 Å². The van der Waals surface area contributed by atoms with E-state index in [-0.39, 0.29) is 5.78 Å². The van der Waals surface area contributed by atoms with Gasteiger partial charge in [-0.15, -0.1) is 27.8 Å². The van der Waals surface area contributed by atoms with E-state index >= 15 is 0 Å². The number of aryl methyl sites for hydroxylation is 1. The summed E-state index contributed by atoms with van der Waals surface area (Å²) in [7, 11) is 0. The van der Waals surface area contributed by atoms with Crippen LogP contribution < -0.4 is 0 Å². The number of carbonyl (C=O) groups excluding carboxylic acids is 1. The molecule has 138 valence electrons. The van der Waals surface area contributed by atoms with Crippen molar-refractivity contribution in [3.63, 3.8) is 0 Å². The van der Waals surface area contributed by atoms with Crippen LogP contribution in [0.4, 0.5) is 0 Å². The van der Waals surface area contributed by atoms with Crippen LogP contribution in [-0.4, -0.2) is 31.3 Å². The average molecular weight is 415 g/mol. The molecule has 5 nitrogen and oxygen atoms in total. The van der Waals surface area contributed by atoms with E-state index < -0.39 is 0 Å². The van der Waals surface area contributed by atoms with Crippen LogP contribution in [0.2, 0.25) is 0 Å². The Labute approximate surface area is 169 Å². The Hall–Kier alpha value is -2.16. The lowest BCUT2D eigenvalue weighted by Gasteiger charge is -2.08. The number of rotatable bonds is 7. The first-order valence-electron chi connectivity index (χ1n) is 8.43. The summed E-state index contributed by atoms with van der Waals surface area (Å²) in [5, 5.41) is 11.8. The van der Waals surface area contributed by atoms with Gasteiger partial charge in [0.05, 0.1) is 17.2 Å². The maximum absolute atomic E-state index is 12.7. The van der Waals surface area contributed by atoms with Gasteiger partial charge in [0.25, 0.3) is 0 Å². The molecule has 0 saturated carbocycles. The third kappa shape index (κ3) is 3.92. The SMILES string of the molecule is Cc1cc(C(=O)CSc2n[nH]c(-c3cccs3)n2)c(C)n1Cc1cccs1. The number of aromatic nitrogens is 4. The van der Waals surface area contributed by atoms with Crippen molar-refractivity contribution in [2.75, 3.05) is 5.75 Å². The van der Waals surface area contributed by atoms with E-state index in [1.807, 2.05) is 37.4 Å². The highest BCUT2D eigenvalue weighted by Gasteiger charge is 2.17. The van der Waals surface area contributed by atoms with E-state index in [9.17, 15) is 4.79 Å². The van der Waals surface area contributed by atoms with Gasteiger partial charge in [0, 0.05) is 21.8 Å². The predicted molar refractivity (Wildman–Crippen MR) is 112 cm³/mol. The molecule has 0 radical (unpaired) electrons. The summed E-state index contributed by atoms with van der Waals surface area (Å²) in [6.07, 6.45) is 0. The van der Waals surface area contributed by atoms with Crippen molar-refractivity contribution in [3.8, 4) is 10.7 Å². The van der Waals surface area contributed by atoms with E-state index in [1.165, 1.54) is 16.6 Å². The maximum atomic E-state index is 12.7. The Morgan fingerprint density at radius 1 is 1.22 bits per heavy atom. The van der Waals surface area contributed by atoms with Crippen LogP contribution in [-0.2, 0) is 6.54 Å². The molecule has 4 heterocycles. The van der Waals surface area contributed by atoms with Gasteiger partial charge in [-0.1, -0.05) is 23.9 Å². The van der Waals surface area contributed by atoms with Crippen LogP contribution in [0.25, 0.3) is 10.7 Å². The summed E-state index contributed by atoms with van der Waals surface area (Å²) >= 11 is 4.70. The number of nitrogens with zero attached hydrogens (tertiary/aromatic N) is 3. The maximum Gasteiger partial charge on any atom is 0.209 e. The van der Waals surface area contributed by atoms with Gasteiger partial charge in [-0.05, 0) is 42.8 Å². The van der Waals surface area contributed by atoms with Gasteiger partial charge >= 0.3 is 0 Å². The van der Waals surface area contributed by atoms with Gasteiger partial charge in [-0.2, -0.15) is 0 Å². The second-order valence-corrected chi connectivity index (χ2v) is 9.03. The largest absolute Gasteiger partial charge is 0.343 e. The van der Waals surface area contributed by atoms with Crippen LogP contribution in [0.15, 0.2) is 46.2 Å². The molecular formula is C19H18N4OS3. The Balaban J connectivity index is 1.44. The molecule has 0 aromatic carbocycles. The van der Waals surface area contributed by atoms with Crippen molar-refractivity contribution >= 4 is 40.2 Å². The van der Waals surface area contributed by atoms with Crippen LogP contribution >= 0.6 is 34.4 Å². The number of thiophene rings is 2. The van der Waals surface area contributed by atoms with E-state index in [0.717, 1.165) is 34.2 Å². The van der Waals surface area contributed by atoms with Crippen molar-refractivity contribution < 1.29 is 4.79 Å². The molecule has 8 heteroatoms. The summed E-state index contributed by atoms with van der Waals surface area (Å²) in [5.41, 5.74) is 2.90. The highest BCUT2D eigenvalue weighted by atomic mass is 32.2. The summed E-state index contributed by atoms with van der Waals surface area (Å²) in [6.45, 7) is 4.87. The molecule has 4 rings (SSSR count). The third-order valence-electron chi connectivity index (χ3n) is 4.32. The minimum atomic E-state index is 0.105. The van der Waals surface area contributed by atoms with Crippen molar-refractivity contribution in [3.05, 3.63) is 62.9 Å². The van der Waals surface area contributed by atoms with Crippen LogP contribution in [0.3, 0.4) is 0 Å². The molecule has 4 aromatic heterocycles. The molecule has 0 aliphatic carbocycles. The molecule has 0 fully saturated rings. The number of hydrogen-bond acceptors (Lipinski definition) is 6. The lowest BCUT2D eigenvalue weighted by Crippen LogP contribution is -2.07. The van der Waals surface area contributed by atoms with E-state index in [2.05, 4.69) is 37.3 Å². The van der Waals surface area contributed by atoms with Crippen LogP contribution in [0, 0.1) is 13.8 Å². The molecule has 0 saturated heterocycles. The molecule has 1 N–H and O–H groups in total. The number of ketones is 1. The molecule has 0 aliphatic heterocycles. The lowest BCUT2D eigenvalue weighted by atomic mass is 10.2. The normalized spacial score (nSPS) is 11.2. The zero-order valence-electron chi connectivity index (χ0n) is 14.9. The molecule has 0 bridgehead atoms. The smallest absolute Gasteiger partial charge is 0.209 e. The van der Waals surface area contributed by atoms with Gasteiger partial charge < -0.3 is 4.57 Å². The Kier molecular flexibility index (Phi) is 5.29. The fourth-order valence-corrected chi connectivity index (χ4v) is 4.97. The monoisotopic (exact) mass is 414 g/mol. The van der Waals surface area contributed by atoms with Gasteiger partial charge in [-0.3, -0.25) is 9.89 Å². The van der Waals surface area contributed by atoms with Gasteiger partial charge in [0.1, 0.15) is 0 Å². The highest BCUT2D eigenvalue weighted by molar-refractivity contribution is 7.99. The molecule has 0 spiro atoms. The van der Waals surface area contributed by atoms with Crippen LogP contribution in [0.1, 0.15) is 26.6 Å². The number of Topliss-reactive ketones (excluding diaryl/α,β-unsaturated/α-hetero) is 1. The van der Waals surface area contributed by atoms with Gasteiger partial charge in [0.15, 0.2) is 11.6 Å². The second-order valence-electron chi connectivity index (χ2n) is 6.11. The molecule has 4 aromatic rings. The first kappa shape index (κ1) is 18.2. The summed E-state index contributed by atoms with van der Waals surface area (Å²) in [4.78, 5) is 19.5. The molecule has 27 heavy (non-hydrogen) atoms. The molecule has 0 unspecified atom stereocenters. The van der Waals surface area contributed by atoms with E-state index in [0.29, 0.717) is 10.9 Å². The number of H-pyrrole nitrogens is 1. The zero-order valence-corrected chi connectivity index (χ0v) is 17.4. The second kappa shape index (κ2) is 7.84. The standard InChI is InChI=1S/C19H18N4OS3/c1-12-9-15(13(2)23(12)10-14-5-3-7-25-14)16(24)11-27-19-20-18(21-22-19)17-6-4-8-26-17/h3-9H,10-11H2,1-2H3,(H,20,21,22).